The molecule has 10 heteroatoms. The second-order valence-electron chi connectivity index (χ2n) is 7.07. The molecule has 0 aliphatic rings. The van der Waals surface area contributed by atoms with E-state index in [2.05, 4.69) is 15.4 Å². The van der Waals surface area contributed by atoms with Crippen LogP contribution in [0.4, 0.5) is 5.69 Å². The Balaban J connectivity index is 1.55. The lowest BCUT2D eigenvalue weighted by atomic mass is 10.2. The molecule has 34 heavy (non-hydrogen) atoms. The van der Waals surface area contributed by atoms with Crippen molar-refractivity contribution in [2.24, 2.45) is 5.10 Å². The molecule has 0 fully saturated rings. The number of hydrogen-bond acceptors (Lipinski definition) is 6. The van der Waals surface area contributed by atoms with E-state index in [9.17, 15) is 14.4 Å². The number of fused-ring (bicyclic) bond motifs is 1. The molecule has 0 saturated heterocycles. The summed E-state index contributed by atoms with van der Waals surface area (Å²) >= 11 is 2.05. The minimum atomic E-state index is -0.647. The fourth-order valence-corrected chi connectivity index (χ4v) is 3.97. The fraction of sp³-hybridized carbons (Fsp3) is 0.0833. The molecular formula is C24H19IN4O5. The topological polar surface area (TPSA) is 115 Å². The van der Waals surface area contributed by atoms with Gasteiger partial charge in [-0.05, 0) is 64.6 Å². The molecule has 3 aromatic carbocycles. The van der Waals surface area contributed by atoms with E-state index in [0.717, 1.165) is 4.68 Å². The van der Waals surface area contributed by atoms with Crippen LogP contribution < -0.4 is 26.0 Å². The van der Waals surface area contributed by atoms with E-state index in [4.69, 9.17) is 9.47 Å². The number of H-pyrrole nitrogens is 1. The summed E-state index contributed by atoms with van der Waals surface area (Å²) in [5.74, 6) is 0.453. The van der Waals surface area contributed by atoms with E-state index in [0.29, 0.717) is 37.2 Å². The van der Waals surface area contributed by atoms with Gasteiger partial charge in [0.05, 0.1) is 27.8 Å². The van der Waals surface area contributed by atoms with E-state index in [1.165, 1.54) is 13.3 Å². The Morgan fingerprint density at radius 2 is 1.85 bits per heavy atom. The lowest BCUT2D eigenvalue weighted by Gasteiger charge is -2.13. The smallest absolute Gasteiger partial charge is 0.349 e. The summed E-state index contributed by atoms with van der Waals surface area (Å²) in [5, 5.41) is 7.16. The van der Waals surface area contributed by atoms with Crippen LogP contribution >= 0.6 is 22.6 Å². The third-order valence-electron chi connectivity index (χ3n) is 4.76. The molecule has 0 spiro atoms. The van der Waals surface area contributed by atoms with Crippen LogP contribution in [0.25, 0.3) is 10.9 Å². The van der Waals surface area contributed by atoms with Crippen molar-refractivity contribution < 1.29 is 14.3 Å². The van der Waals surface area contributed by atoms with Gasteiger partial charge in [0.1, 0.15) is 0 Å². The maximum Gasteiger partial charge on any atom is 0.349 e. The van der Waals surface area contributed by atoms with Crippen molar-refractivity contribution in [2.45, 2.75) is 0 Å². The number of nitrogens with zero attached hydrogens (tertiary/aromatic N) is 2. The highest BCUT2D eigenvalue weighted by Crippen LogP contribution is 2.33. The summed E-state index contributed by atoms with van der Waals surface area (Å²) in [7, 11) is 1.47. The number of aromatic nitrogens is 2. The number of hydrogen-bond donors (Lipinski definition) is 2. The Morgan fingerprint density at radius 3 is 2.62 bits per heavy atom. The van der Waals surface area contributed by atoms with Gasteiger partial charge in [0.2, 0.25) is 0 Å². The van der Waals surface area contributed by atoms with Gasteiger partial charge in [-0.25, -0.2) is 4.79 Å². The third kappa shape index (κ3) is 5.17. The number of carbonyl (C=O) groups is 1. The Bertz CT molecular complexity index is 1500. The van der Waals surface area contributed by atoms with Gasteiger partial charge in [-0.3, -0.25) is 9.59 Å². The molecule has 1 heterocycles. The first-order valence-electron chi connectivity index (χ1n) is 10.1. The van der Waals surface area contributed by atoms with Crippen LogP contribution in [0.5, 0.6) is 11.5 Å². The van der Waals surface area contributed by atoms with Crippen LogP contribution in [0.15, 0.2) is 81.4 Å². The van der Waals surface area contributed by atoms with Crippen molar-refractivity contribution in [3.63, 3.8) is 0 Å². The number of rotatable bonds is 7. The van der Waals surface area contributed by atoms with Crippen molar-refractivity contribution >= 4 is 51.3 Å². The van der Waals surface area contributed by atoms with Crippen molar-refractivity contribution in [2.75, 3.05) is 19.0 Å². The molecule has 0 radical (unpaired) electrons. The number of nitrogens with one attached hydrogen (secondary N) is 2. The van der Waals surface area contributed by atoms with Crippen LogP contribution in [0, 0.1) is 3.57 Å². The van der Waals surface area contributed by atoms with Gasteiger partial charge in [0.25, 0.3) is 11.5 Å². The van der Waals surface area contributed by atoms with Gasteiger partial charge >= 0.3 is 5.69 Å². The number of methoxy groups -OCH3 is 1. The van der Waals surface area contributed by atoms with E-state index in [-0.39, 0.29) is 12.5 Å². The van der Waals surface area contributed by atoms with Crippen LogP contribution in [-0.2, 0) is 4.79 Å². The number of para-hydroxylation sites is 2. The molecule has 9 nitrogen and oxygen atoms in total. The highest BCUT2D eigenvalue weighted by Gasteiger charge is 2.14. The quantitative estimate of drug-likeness (QED) is 0.262. The standard InChI is InChI=1S/C24H19IN4O5/c1-33-20-12-15(13-26-29-23(31)17-9-5-6-10-19(17)28-24(29)32)11-18(25)22(20)34-14-21(30)27-16-7-3-2-4-8-16/h2-13H,14H2,1H3,(H,27,30)(H,28,32). The minimum Gasteiger partial charge on any atom is -0.493 e. The predicted molar refractivity (Wildman–Crippen MR) is 138 cm³/mol. The van der Waals surface area contributed by atoms with Gasteiger partial charge in [-0.2, -0.15) is 5.10 Å². The number of amides is 1. The Kier molecular flexibility index (Phi) is 7.07. The fourth-order valence-electron chi connectivity index (χ4n) is 3.19. The van der Waals surface area contributed by atoms with Gasteiger partial charge in [-0.15, -0.1) is 4.68 Å². The van der Waals surface area contributed by atoms with Crippen LogP contribution in [0.1, 0.15) is 5.56 Å². The molecule has 4 aromatic rings. The lowest BCUT2D eigenvalue weighted by Crippen LogP contribution is -2.32. The largest absolute Gasteiger partial charge is 0.493 e. The molecule has 0 saturated carbocycles. The van der Waals surface area contributed by atoms with Crippen LogP contribution in [0.2, 0.25) is 0 Å². The van der Waals surface area contributed by atoms with Gasteiger partial charge in [0, 0.05) is 5.69 Å². The number of halogens is 1. The second kappa shape index (κ2) is 10.3. The maximum atomic E-state index is 12.6. The summed E-state index contributed by atoms with van der Waals surface area (Å²) in [6.45, 7) is -0.212. The molecule has 0 aliphatic carbocycles. The molecule has 172 valence electrons. The summed E-state index contributed by atoms with van der Waals surface area (Å²) in [4.78, 5) is 39.8. The molecular weight excluding hydrogens is 551 g/mol. The molecule has 2 N–H and O–H groups in total. The maximum absolute atomic E-state index is 12.6. The third-order valence-corrected chi connectivity index (χ3v) is 5.56. The van der Waals surface area contributed by atoms with Gasteiger partial charge in [-0.1, -0.05) is 30.3 Å². The summed E-state index contributed by atoms with van der Waals surface area (Å²) in [5.41, 5.74) is 0.510. The second-order valence-corrected chi connectivity index (χ2v) is 8.24. The summed E-state index contributed by atoms with van der Waals surface area (Å²) in [6.07, 6.45) is 1.38. The first kappa shape index (κ1) is 23.2. The van der Waals surface area contributed by atoms with Gasteiger partial charge in [0.15, 0.2) is 18.1 Å². The lowest BCUT2D eigenvalue weighted by molar-refractivity contribution is -0.118. The van der Waals surface area contributed by atoms with Crippen molar-refractivity contribution in [3.8, 4) is 11.5 Å². The highest BCUT2D eigenvalue weighted by atomic mass is 127. The number of carbonyl (C=O) groups excluding carboxylic acids is 1. The zero-order chi connectivity index (χ0) is 24.1. The van der Waals surface area contributed by atoms with Crippen LogP contribution in [0.3, 0.4) is 0 Å². The molecule has 1 amide bonds. The van der Waals surface area contributed by atoms with E-state index in [1.807, 2.05) is 40.8 Å². The molecule has 0 bridgehead atoms. The average Bonchev–Trinajstić information content (AvgIpc) is 2.83. The SMILES string of the molecule is COc1cc(C=Nn2c(=O)[nH]c3ccccc3c2=O)cc(I)c1OCC(=O)Nc1ccccc1. The average molecular weight is 570 g/mol. The highest BCUT2D eigenvalue weighted by molar-refractivity contribution is 14.1. The summed E-state index contributed by atoms with van der Waals surface area (Å²) in [6, 6.07) is 19.1. The van der Waals surface area contributed by atoms with E-state index in [1.54, 1.807) is 48.5 Å². The summed E-state index contributed by atoms with van der Waals surface area (Å²) < 4.78 is 12.5. The number of benzene rings is 3. The zero-order valence-corrected chi connectivity index (χ0v) is 20.1. The molecule has 0 unspecified atom stereocenters. The number of aromatic amines is 1. The molecule has 4 rings (SSSR count). The molecule has 0 aliphatic heterocycles. The van der Waals surface area contributed by atoms with E-state index >= 15 is 0 Å². The number of ether oxygens (including phenoxy) is 2. The Morgan fingerprint density at radius 1 is 1.12 bits per heavy atom. The van der Waals surface area contributed by atoms with E-state index < -0.39 is 11.2 Å². The zero-order valence-electron chi connectivity index (χ0n) is 17.9. The normalized spacial score (nSPS) is 11.0. The first-order valence-corrected chi connectivity index (χ1v) is 11.2. The Labute approximate surface area is 207 Å². The Hall–Kier alpha value is -3.93. The molecule has 0 atom stereocenters. The van der Waals surface area contributed by atoms with Crippen molar-refractivity contribution in [3.05, 3.63) is 96.7 Å². The monoisotopic (exact) mass is 570 g/mol. The molecule has 1 aromatic heterocycles. The van der Waals surface area contributed by atoms with Crippen molar-refractivity contribution in [1.29, 1.82) is 0 Å². The number of anilines is 1. The van der Waals surface area contributed by atoms with Gasteiger partial charge < -0.3 is 19.8 Å². The minimum absolute atomic E-state index is 0.212. The predicted octanol–water partition coefficient (Wildman–Crippen LogP) is 3.20. The first-order chi connectivity index (χ1) is 16.5. The van der Waals surface area contributed by atoms with Crippen LogP contribution in [-0.4, -0.2) is 35.5 Å². The van der Waals surface area contributed by atoms with Crippen molar-refractivity contribution in [1.82, 2.24) is 9.66 Å².